The zero-order valence-corrected chi connectivity index (χ0v) is 21.0. The molecule has 37 heavy (non-hydrogen) atoms. The van der Waals surface area contributed by atoms with Crippen molar-refractivity contribution in [1.82, 2.24) is 25.2 Å². The van der Waals surface area contributed by atoms with Crippen LogP contribution in [0.15, 0.2) is 24.3 Å². The molecule has 5 aliphatic rings. The van der Waals surface area contributed by atoms with Crippen molar-refractivity contribution in [3.05, 3.63) is 24.3 Å². The Hall–Kier alpha value is -3.02. The molecular formula is C26H34N8O3. The Balaban J connectivity index is 1.19. The summed E-state index contributed by atoms with van der Waals surface area (Å²) in [6.07, 6.45) is 4.41. The summed E-state index contributed by atoms with van der Waals surface area (Å²) in [5.41, 5.74) is 1.67. The number of rotatable bonds is 4. The number of fused-ring (bicyclic) bond motifs is 4. The molecule has 4 atom stereocenters. The van der Waals surface area contributed by atoms with Crippen molar-refractivity contribution >= 4 is 23.6 Å². The van der Waals surface area contributed by atoms with Crippen LogP contribution in [0, 0.1) is 0 Å². The van der Waals surface area contributed by atoms with Gasteiger partial charge in [0.15, 0.2) is 5.82 Å². The average Bonchev–Trinajstić information content (AvgIpc) is 3.35. The quantitative estimate of drug-likeness (QED) is 0.641. The molecule has 5 saturated heterocycles. The minimum Gasteiger partial charge on any atom is -0.377 e. The summed E-state index contributed by atoms with van der Waals surface area (Å²) >= 11 is 0. The number of aromatic nitrogens is 3. The van der Waals surface area contributed by atoms with Gasteiger partial charge in [-0.25, -0.2) is 4.79 Å². The molecule has 4 bridgehead atoms. The Morgan fingerprint density at radius 2 is 1.30 bits per heavy atom. The van der Waals surface area contributed by atoms with Crippen molar-refractivity contribution in [2.75, 3.05) is 67.7 Å². The minimum absolute atomic E-state index is 0.0652. The van der Waals surface area contributed by atoms with E-state index in [2.05, 4.69) is 20.4 Å². The number of piperazine rings is 1. The van der Waals surface area contributed by atoms with Crippen LogP contribution in [0.1, 0.15) is 25.7 Å². The number of hydrogen-bond donors (Lipinski definition) is 2. The fraction of sp³-hybridized carbons (Fsp3) is 0.615. The number of anilines is 3. The van der Waals surface area contributed by atoms with Gasteiger partial charge >= 0.3 is 6.03 Å². The van der Waals surface area contributed by atoms with Crippen molar-refractivity contribution in [3.8, 4) is 11.4 Å². The van der Waals surface area contributed by atoms with E-state index < -0.39 is 0 Å². The van der Waals surface area contributed by atoms with Gasteiger partial charge in [-0.3, -0.25) is 0 Å². The van der Waals surface area contributed by atoms with Gasteiger partial charge < -0.3 is 34.8 Å². The predicted molar refractivity (Wildman–Crippen MR) is 139 cm³/mol. The topological polar surface area (TPSA) is 108 Å². The van der Waals surface area contributed by atoms with Crippen molar-refractivity contribution in [1.29, 1.82) is 0 Å². The molecule has 11 nitrogen and oxygen atoms in total. The molecule has 0 spiro atoms. The Morgan fingerprint density at radius 3 is 1.81 bits per heavy atom. The second kappa shape index (κ2) is 9.70. The molecule has 7 rings (SSSR count). The number of nitrogens with one attached hydrogen (secondary N) is 2. The molecule has 0 saturated carbocycles. The first-order chi connectivity index (χ1) is 18.2. The number of carbonyl (C=O) groups is 1. The largest absolute Gasteiger partial charge is 0.377 e. The Morgan fingerprint density at radius 1 is 0.784 bits per heavy atom. The fourth-order valence-electron chi connectivity index (χ4n) is 6.40. The molecular weight excluding hydrogens is 472 g/mol. The number of morpholine rings is 2. The van der Waals surface area contributed by atoms with Crippen LogP contribution in [-0.2, 0) is 9.47 Å². The molecule has 196 valence electrons. The highest BCUT2D eigenvalue weighted by Crippen LogP contribution is 2.37. The lowest BCUT2D eigenvalue weighted by molar-refractivity contribution is 0.0885. The summed E-state index contributed by atoms with van der Waals surface area (Å²) in [5.74, 6) is 2.16. The van der Waals surface area contributed by atoms with Crippen LogP contribution in [0.2, 0.25) is 0 Å². The van der Waals surface area contributed by atoms with Crippen LogP contribution in [0.25, 0.3) is 11.4 Å². The molecule has 5 aliphatic heterocycles. The van der Waals surface area contributed by atoms with Crippen LogP contribution in [0.4, 0.5) is 22.4 Å². The molecule has 0 aliphatic carbocycles. The van der Waals surface area contributed by atoms with Crippen molar-refractivity contribution in [3.63, 3.8) is 0 Å². The number of urea groups is 1. The molecule has 6 heterocycles. The van der Waals surface area contributed by atoms with E-state index in [9.17, 15) is 4.79 Å². The third-order valence-electron chi connectivity index (χ3n) is 8.35. The SMILES string of the molecule is O=C(Nc1ccc(-c2nc(N3C4CCC3COC4)nc(N3C4CCC3COC4)n2)cc1)N1CCNCC1. The smallest absolute Gasteiger partial charge is 0.321 e. The third kappa shape index (κ3) is 4.38. The maximum Gasteiger partial charge on any atom is 0.321 e. The second-order valence-electron chi connectivity index (χ2n) is 10.7. The molecule has 1 aromatic carbocycles. The van der Waals surface area contributed by atoms with Crippen molar-refractivity contribution in [2.45, 2.75) is 49.9 Å². The molecule has 1 aromatic heterocycles. The first-order valence-electron chi connectivity index (χ1n) is 13.6. The van der Waals surface area contributed by atoms with E-state index in [1.165, 1.54) is 0 Å². The van der Waals surface area contributed by atoms with E-state index >= 15 is 0 Å². The van der Waals surface area contributed by atoms with Crippen LogP contribution in [-0.4, -0.2) is 103 Å². The highest BCUT2D eigenvalue weighted by molar-refractivity contribution is 5.89. The van der Waals surface area contributed by atoms with Gasteiger partial charge in [0.25, 0.3) is 0 Å². The second-order valence-corrected chi connectivity index (χ2v) is 10.7. The van der Waals surface area contributed by atoms with Gasteiger partial charge in [-0.15, -0.1) is 0 Å². The number of benzene rings is 1. The minimum atomic E-state index is -0.0652. The highest BCUT2D eigenvalue weighted by atomic mass is 16.5. The van der Waals surface area contributed by atoms with Gasteiger partial charge in [0, 0.05) is 37.4 Å². The van der Waals surface area contributed by atoms with Crippen LogP contribution < -0.4 is 20.4 Å². The first kappa shape index (κ1) is 23.1. The first-order valence-corrected chi connectivity index (χ1v) is 13.6. The Bertz CT molecular complexity index is 1060. The van der Waals surface area contributed by atoms with E-state index in [0.717, 1.165) is 88.3 Å². The summed E-state index contributed by atoms with van der Waals surface area (Å²) in [7, 11) is 0. The molecule has 2 N–H and O–H groups in total. The van der Waals surface area contributed by atoms with E-state index in [1.54, 1.807) is 0 Å². The summed E-state index contributed by atoms with van der Waals surface area (Å²) in [4.78, 5) is 34.2. The van der Waals surface area contributed by atoms with Crippen LogP contribution >= 0.6 is 0 Å². The highest BCUT2D eigenvalue weighted by Gasteiger charge is 2.42. The lowest BCUT2D eigenvalue weighted by Crippen LogP contribution is -2.48. The third-order valence-corrected chi connectivity index (χ3v) is 8.35. The Labute approximate surface area is 216 Å². The molecule has 2 amide bonds. The molecule has 4 unspecified atom stereocenters. The van der Waals surface area contributed by atoms with Gasteiger partial charge in [0.05, 0.1) is 50.6 Å². The van der Waals surface area contributed by atoms with Gasteiger partial charge in [-0.05, 0) is 49.9 Å². The monoisotopic (exact) mass is 506 g/mol. The Kier molecular flexibility index (Phi) is 6.06. The number of carbonyl (C=O) groups excluding carboxylic acids is 1. The molecule has 5 fully saturated rings. The van der Waals surface area contributed by atoms with E-state index in [1.807, 2.05) is 29.2 Å². The zero-order chi connectivity index (χ0) is 24.8. The van der Waals surface area contributed by atoms with Gasteiger partial charge in [-0.2, -0.15) is 15.0 Å². The average molecular weight is 507 g/mol. The van der Waals surface area contributed by atoms with Crippen molar-refractivity contribution in [2.24, 2.45) is 0 Å². The maximum absolute atomic E-state index is 12.6. The fourth-order valence-corrected chi connectivity index (χ4v) is 6.40. The predicted octanol–water partition coefficient (Wildman–Crippen LogP) is 1.71. The van der Waals surface area contributed by atoms with E-state index in [4.69, 9.17) is 24.4 Å². The zero-order valence-electron chi connectivity index (χ0n) is 21.0. The van der Waals surface area contributed by atoms with Crippen LogP contribution in [0.3, 0.4) is 0 Å². The van der Waals surface area contributed by atoms with Gasteiger partial charge in [-0.1, -0.05) is 0 Å². The van der Waals surface area contributed by atoms with Gasteiger partial charge in [0.1, 0.15) is 0 Å². The lowest BCUT2D eigenvalue weighted by atomic mass is 10.2. The molecule has 0 radical (unpaired) electrons. The summed E-state index contributed by atoms with van der Waals surface area (Å²) in [6, 6.07) is 9.00. The summed E-state index contributed by atoms with van der Waals surface area (Å²) < 4.78 is 11.6. The van der Waals surface area contributed by atoms with E-state index in [-0.39, 0.29) is 6.03 Å². The normalized spacial score (nSPS) is 29.0. The standard InChI is InChI=1S/C26H34N8O3/c35-26(32-11-9-27-10-12-32)28-18-3-1-17(2-4-18)23-29-24(33-19-5-6-20(33)14-36-13-19)31-25(30-23)34-21-7-8-22(34)16-37-15-21/h1-4,19-22,27H,5-16H2,(H,28,35). The number of amides is 2. The maximum atomic E-state index is 12.6. The summed E-state index contributed by atoms with van der Waals surface area (Å²) in [6.45, 7) is 5.96. The van der Waals surface area contributed by atoms with Crippen molar-refractivity contribution < 1.29 is 14.3 Å². The van der Waals surface area contributed by atoms with Gasteiger partial charge in [0.2, 0.25) is 11.9 Å². The van der Waals surface area contributed by atoms with E-state index in [0.29, 0.717) is 43.1 Å². The summed E-state index contributed by atoms with van der Waals surface area (Å²) in [5, 5.41) is 6.29. The number of hydrogen-bond acceptors (Lipinski definition) is 9. The molecule has 11 heteroatoms. The number of nitrogens with zero attached hydrogens (tertiary/aromatic N) is 6. The molecule has 2 aromatic rings. The van der Waals surface area contributed by atoms with Crippen LogP contribution in [0.5, 0.6) is 0 Å². The number of ether oxygens (including phenoxy) is 2. The lowest BCUT2D eigenvalue weighted by Gasteiger charge is -2.37.